The Kier molecular flexibility index (Phi) is 2.45. The SMILES string of the molecule is Cc1ccn2c(-c3cccc(Cl)c3N)nnc2c1. The lowest BCUT2D eigenvalue weighted by molar-refractivity contribution is 1.11. The zero-order chi connectivity index (χ0) is 12.7. The average Bonchev–Trinajstić information content (AvgIpc) is 2.75. The molecule has 0 aliphatic rings. The number of pyridine rings is 1. The van der Waals surface area contributed by atoms with E-state index < -0.39 is 0 Å². The van der Waals surface area contributed by atoms with Gasteiger partial charge in [0.05, 0.1) is 10.7 Å². The number of aryl methyl sites for hydroxylation is 1. The predicted octanol–water partition coefficient (Wildman–Crippen LogP) is 2.94. The van der Waals surface area contributed by atoms with Crippen LogP contribution in [-0.4, -0.2) is 14.6 Å². The number of nitrogen functional groups attached to an aromatic ring is 1. The standard InChI is InChI=1S/C13H11ClN4/c1-8-5-6-18-11(7-8)16-17-13(18)9-3-2-4-10(14)12(9)15/h2-7H,15H2,1H3. The fourth-order valence-corrected chi connectivity index (χ4v) is 2.08. The van der Waals surface area contributed by atoms with Gasteiger partial charge in [0.1, 0.15) is 0 Å². The van der Waals surface area contributed by atoms with Gasteiger partial charge in [-0.05, 0) is 36.8 Å². The van der Waals surface area contributed by atoms with Gasteiger partial charge >= 0.3 is 0 Å². The summed E-state index contributed by atoms with van der Waals surface area (Å²) in [5.74, 6) is 0.699. The molecule has 3 rings (SSSR count). The highest BCUT2D eigenvalue weighted by Crippen LogP contribution is 2.30. The third kappa shape index (κ3) is 1.62. The van der Waals surface area contributed by atoms with Crippen LogP contribution in [-0.2, 0) is 0 Å². The maximum absolute atomic E-state index is 6.02. The molecule has 2 N–H and O–H groups in total. The number of benzene rings is 1. The fraction of sp³-hybridized carbons (Fsp3) is 0.0769. The Balaban J connectivity index is 2.29. The highest BCUT2D eigenvalue weighted by atomic mass is 35.5. The number of anilines is 1. The van der Waals surface area contributed by atoms with E-state index in [0.29, 0.717) is 16.5 Å². The largest absolute Gasteiger partial charge is 0.397 e. The first-order chi connectivity index (χ1) is 8.66. The molecule has 2 aromatic heterocycles. The molecule has 0 fully saturated rings. The molecule has 1 aromatic carbocycles. The fourth-order valence-electron chi connectivity index (χ4n) is 1.91. The van der Waals surface area contributed by atoms with Crippen molar-refractivity contribution in [3.63, 3.8) is 0 Å². The van der Waals surface area contributed by atoms with Gasteiger partial charge in [-0.15, -0.1) is 10.2 Å². The molecule has 0 atom stereocenters. The third-order valence-electron chi connectivity index (χ3n) is 2.86. The molecule has 0 amide bonds. The van der Waals surface area contributed by atoms with Gasteiger partial charge in [0, 0.05) is 11.8 Å². The maximum atomic E-state index is 6.02. The minimum atomic E-state index is 0.522. The lowest BCUT2D eigenvalue weighted by atomic mass is 10.1. The highest BCUT2D eigenvalue weighted by molar-refractivity contribution is 6.33. The molecule has 2 heterocycles. The topological polar surface area (TPSA) is 56.2 Å². The number of hydrogen-bond acceptors (Lipinski definition) is 3. The number of para-hydroxylation sites is 1. The van der Waals surface area contributed by atoms with Gasteiger partial charge in [-0.3, -0.25) is 4.40 Å². The molecular weight excluding hydrogens is 248 g/mol. The summed E-state index contributed by atoms with van der Waals surface area (Å²) in [4.78, 5) is 0. The van der Waals surface area contributed by atoms with Gasteiger partial charge in [0.25, 0.3) is 0 Å². The van der Waals surface area contributed by atoms with E-state index in [-0.39, 0.29) is 0 Å². The summed E-state index contributed by atoms with van der Waals surface area (Å²) in [7, 11) is 0. The summed E-state index contributed by atoms with van der Waals surface area (Å²) in [5, 5.41) is 8.85. The summed E-state index contributed by atoms with van der Waals surface area (Å²) in [6, 6.07) is 9.46. The first-order valence-corrected chi connectivity index (χ1v) is 5.90. The predicted molar refractivity (Wildman–Crippen MR) is 72.6 cm³/mol. The zero-order valence-corrected chi connectivity index (χ0v) is 10.5. The quantitative estimate of drug-likeness (QED) is 0.683. The van der Waals surface area contributed by atoms with Gasteiger partial charge < -0.3 is 5.73 Å². The lowest BCUT2D eigenvalue weighted by Crippen LogP contribution is -1.95. The van der Waals surface area contributed by atoms with E-state index in [1.54, 1.807) is 6.07 Å². The molecule has 3 aromatic rings. The molecule has 0 saturated carbocycles. The molecule has 0 bridgehead atoms. The molecule has 18 heavy (non-hydrogen) atoms. The summed E-state index contributed by atoms with van der Waals surface area (Å²) in [6.07, 6.45) is 1.93. The van der Waals surface area contributed by atoms with Crippen LogP contribution in [0.4, 0.5) is 5.69 Å². The average molecular weight is 259 g/mol. The number of rotatable bonds is 1. The van der Waals surface area contributed by atoms with Gasteiger partial charge in [0.2, 0.25) is 0 Å². The Bertz CT molecular complexity index is 733. The van der Waals surface area contributed by atoms with Crippen LogP contribution < -0.4 is 5.73 Å². The molecular formula is C13H11ClN4. The van der Waals surface area contributed by atoms with Crippen molar-refractivity contribution in [3.05, 3.63) is 47.1 Å². The van der Waals surface area contributed by atoms with Crippen LogP contribution in [0.3, 0.4) is 0 Å². The Morgan fingerprint density at radius 2 is 2.06 bits per heavy atom. The molecule has 0 aliphatic heterocycles. The molecule has 0 saturated heterocycles. The number of nitrogens with zero attached hydrogens (tertiary/aromatic N) is 3. The second kappa shape index (κ2) is 3.99. The summed E-state index contributed by atoms with van der Waals surface area (Å²) < 4.78 is 1.90. The third-order valence-corrected chi connectivity index (χ3v) is 3.19. The van der Waals surface area contributed by atoms with Crippen molar-refractivity contribution in [2.75, 3.05) is 5.73 Å². The molecule has 5 heteroatoms. The van der Waals surface area contributed by atoms with Crippen molar-refractivity contribution in [1.29, 1.82) is 0 Å². The number of nitrogens with two attached hydrogens (primary N) is 1. The Hall–Kier alpha value is -2.07. The Morgan fingerprint density at radius 1 is 1.22 bits per heavy atom. The van der Waals surface area contributed by atoms with Gasteiger partial charge in [0.15, 0.2) is 11.5 Å². The minimum absolute atomic E-state index is 0.522. The molecule has 0 unspecified atom stereocenters. The number of halogens is 1. The van der Waals surface area contributed by atoms with Crippen LogP contribution in [0.2, 0.25) is 5.02 Å². The monoisotopic (exact) mass is 258 g/mol. The first-order valence-electron chi connectivity index (χ1n) is 5.52. The van der Waals surface area contributed by atoms with Crippen LogP contribution in [0.1, 0.15) is 5.56 Å². The van der Waals surface area contributed by atoms with E-state index >= 15 is 0 Å². The Labute approximate surface area is 109 Å². The lowest BCUT2D eigenvalue weighted by Gasteiger charge is -2.05. The van der Waals surface area contributed by atoms with Crippen LogP contribution in [0.5, 0.6) is 0 Å². The second-order valence-corrected chi connectivity index (χ2v) is 4.56. The van der Waals surface area contributed by atoms with Crippen LogP contribution in [0.25, 0.3) is 17.0 Å². The number of fused-ring (bicyclic) bond motifs is 1. The van der Waals surface area contributed by atoms with Crippen LogP contribution >= 0.6 is 11.6 Å². The summed E-state index contributed by atoms with van der Waals surface area (Å²) in [5.41, 5.74) is 9.23. The minimum Gasteiger partial charge on any atom is -0.397 e. The first kappa shape index (κ1) is 11.0. The molecule has 0 radical (unpaired) electrons. The smallest absolute Gasteiger partial charge is 0.170 e. The van der Waals surface area contributed by atoms with Crippen molar-refractivity contribution >= 4 is 22.9 Å². The normalized spacial score (nSPS) is 11.0. The molecule has 90 valence electrons. The highest BCUT2D eigenvalue weighted by Gasteiger charge is 2.12. The number of hydrogen-bond donors (Lipinski definition) is 1. The summed E-state index contributed by atoms with van der Waals surface area (Å²) >= 11 is 6.02. The molecule has 0 aliphatic carbocycles. The van der Waals surface area contributed by atoms with Crippen molar-refractivity contribution in [3.8, 4) is 11.4 Å². The van der Waals surface area contributed by atoms with Crippen molar-refractivity contribution in [2.45, 2.75) is 6.92 Å². The Morgan fingerprint density at radius 3 is 2.89 bits per heavy atom. The van der Waals surface area contributed by atoms with E-state index in [0.717, 1.165) is 16.8 Å². The van der Waals surface area contributed by atoms with E-state index in [4.69, 9.17) is 17.3 Å². The maximum Gasteiger partial charge on any atom is 0.170 e. The molecule has 4 nitrogen and oxygen atoms in total. The second-order valence-electron chi connectivity index (χ2n) is 4.16. The van der Waals surface area contributed by atoms with Gasteiger partial charge in [-0.1, -0.05) is 17.7 Å². The zero-order valence-electron chi connectivity index (χ0n) is 9.76. The van der Waals surface area contributed by atoms with Crippen LogP contribution in [0.15, 0.2) is 36.5 Å². The molecule has 0 spiro atoms. The van der Waals surface area contributed by atoms with Crippen molar-refractivity contribution in [2.24, 2.45) is 0 Å². The van der Waals surface area contributed by atoms with E-state index in [9.17, 15) is 0 Å². The summed E-state index contributed by atoms with van der Waals surface area (Å²) in [6.45, 7) is 2.02. The van der Waals surface area contributed by atoms with E-state index in [1.165, 1.54) is 0 Å². The van der Waals surface area contributed by atoms with Crippen LogP contribution in [0, 0.1) is 6.92 Å². The van der Waals surface area contributed by atoms with Crippen molar-refractivity contribution in [1.82, 2.24) is 14.6 Å². The number of aromatic nitrogens is 3. The van der Waals surface area contributed by atoms with Crippen molar-refractivity contribution < 1.29 is 0 Å². The van der Waals surface area contributed by atoms with E-state index in [1.807, 2.05) is 41.8 Å². The van der Waals surface area contributed by atoms with Gasteiger partial charge in [-0.2, -0.15) is 0 Å². The van der Waals surface area contributed by atoms with E-state index in [2.05, 4.69) is 10.2 Å². The van der Waals surface area contributed by atoms with Gasteiger partial charge in [-0.25, -0.2) is 0 Å².